The molecule has 0 saturated carbocycles. The number of rotatable bonds is 12. The van der Waals surface area contributed by atoms with Gasteiger partial charge in [0.2, 0.25) is 0 Å². The second kappa shape index (κ2) is 18.1. The largest absolute Gasteiger partial charge is 0.496 e. The molecule has 0 aliphatic rings. The van der Waals surface area contributed by atoms with Crippen LogP contribution in [0, 0.1) is 12.8 Å². The Kier molecular flexibility index (Phi) is 16.6. The number of hydrogen-bond donors (Lipinski definition) is 0. The van der Waals surface area contributed by atoms with E-state index in [1.807, 2.05) is 57.9 Å². The Morgan fingerprint density at radius 3 is 2.05 bits per heavy atom. The number of carbonyl (C=O) groups is 3. The number of aryl methyl sites for hydroxylation is 1. The van der Waals surface area contributed by atoms with Gasteiger partial charge in [0, 0.05) is 6.54 Å². The van der Waals surface area contributed by atoms with Crippen molar-refractivity contribution in [1.82, 2.24) is 4.90 Å². The molecule has 0 aliphatic heterocycles. The summed E-state index contributed by atoms with van der Waals surface area (Å²) in [5.74, 6) is 0.309. The van der Waals surface area contributed by atoms with Crippen LogP contribution in [0.1, 0.15) is 67.6 Å². The van der Waals surface area contributed by atoms with Crippen molar-refractivity contribution in [2.45, 2.75) is 59.3 Å². The molecule has 0 amide bonds. The number of carbonyl (C=O) groups excluding carboxylic acids is 3. The monoisotopic (exact) mass is 529 g/mol. The minimum Gasteiger partial charge on any atom is -0.496 e. The van der Waals surface area contributed by atoms with Crippen LogP contribution >= 0.6 is 0 Å². The Morgan fingerprint density at radius 1 is 0.947 bits per heavy atom. The highest BCUT2D eigenvalue weighted by molar-refractivity contribution is 5.89. The van der Waals surface area contributed by atoms with E-state index in [9.17, 15) is 9.59 Å². The van der Waals surface area contributed by atoms with Crippen LogP contribution in [-0.2, 0) is 30.9 Å². The molecule has 0 heterocycles. The summed E-state index contributed by atoms with van der Waals surface area (Å²) in [5.41, 5.74) is 2.95. The molecule has 2 aromatic carbocycles. The summed E-state index contributed by atoms with van der Waals surface area (Å²) in [5, 5.41) is 0. The predicted octanol–water partition coefficient (Wildman–Crippen LogP) is 5.65. The molecule has 0 aliphatic carbocycles. The summed E-state index contributed by atoms with van der Waals surface area (Å²) < 4.78 is 15.6. The van der Waals surface area contributed by atoms with Crippen LogP contribution < -0.4 is 4.74 Å². The van der Waals surface area contributed by atoms with E-state index in [4.69, 9.17) is 19.0 Å². The quantitative estimate of drug-likeness (QED) is 0.329. The van der Waals surface area contributed by atoms with Crippen LogP contribution in [0.2, 0.25) is 0 Å². The van der Waals surface area contributed by atoms with Crippen molar-refractivity contribution < 1.29 is 28.6 Å². The summed E-state index contributed by atoms with van der Waals surface area (Å²) in [6.45, 7) is 13.9. The molecule has 0 saturated heterocycles. The van der Waals surface area contributed by atoms with Gasteiger partial charge in [-0.1, -0.05) is 52.0 Å². The number of hydrogen-bond acceptors (Lipinski definition) is 7. The molecule has 0 bridgehead atoms. The topological polar surface area (TPSA) is 82.1 Å². The van der Waals surface area contributed by atoms with Crippen molar-refractivity contribution in [2.75, 3.05) is 41.5 Å². The Hall–Kier alpha value is -3.19. The fraction of sp³-hybridized carbons (Fsp3) is 0.516. The Morgan fingerprint density at radius 2 is 1.55 bits per heavy atom. The molecule has 0 radical (unpaired) electrons. The number of esters is 2. The molecule has 2 rings (SSSR count). The molecule has 1 unspecified atom stereocenters. The maximum absolute atomic E-state index is 13.1. The molecule has 0 fully saturated rings. The number of nitrogens with zero attached hydrogens (tertiary/aromatic N) is 1. The lowest BCUT2D eigenvalue weighted by Gasteiger charge is -2.36. The summed E-state index contributed by atoms with van der Waals surface area (Å²) >= 11 is 0. The average Bonchev–Trinajstić information content (AvgIpc) is 2.96. The molecule has 0 N–H and O–H groups in total. The van der Waals surface area contributed by atoms with Crippen molar-refractivity contribution in [2.24, 2.45) is 5.92 Å². The summed E-state index contributed by atoms with van der Waals surface area (Å²) in [6, 6.07) is 13.5. The van der Waals surface area contributed by atoms with Gasteiger partial charge in [-0.15, -0.1) is 0 Å². The van der Waals surface area contributed by atoms with E-state index in [0.29, 0.717) is 12.0 Å². The fourth-order valence-electron chi connectivity index (χ4n) is 4.49. The smallest absolute Gasteiger partial charge is 0.337 e. The van der Waals surface area contributed by atoms with E-state index in [1.165, 1.54) is 14.2 Å². The Bertz CT molecular complexity index is 973. The van der Waals surface area contributed by atoms with Gasteiger partial charge < -0.3 is 23.9 Å². The highest BCUT2D eigenvalue weighted by Gasteiger charge is 2.44. The van der Waals surface area contributed by atoms with Gasteiger partial charge >= 0.3 is 11.9 Å². The van der Waals surface area contributed by atoms with Gasteiger partial charge in [0.25, 0.3) is 0 Å². The highest BCUT2D eigenvalue weighted by atomic mass is 16.5. The zero-order chi connectivity index (χ0) is 29.3. The van der Waals surface area contributed by atoms with Crippen LogP contribution in [0.4, 0.5) is 0 Å². The van der Waals surface area contributed by atoms with Crippen molar-refractivity contribution in [1.29, 1.82) is 0 Å². The molecule has 7 heteroatoms. The molecule has 212 valence electrons. The van der Waals surface area contributed by atoms with E-state index in [0.717, 1.165) is 48.4 Å². The molecule has 2 aromatic rings. The van der Waals surface area contributed by atoms with E-state index in [1.54, 1.807) is 19.2 Å². The summed E-state index contributed by atoms with van der Waals surface area (Å²) in [4.78, 5) is 35.0. The first-order valence-electron chi connectivity index (χ1n) is 13.1. The maximum Gasteiger partial charge on any atom is 0.337 e. The Balaban J connectivity index is 0.00000326. The molecule has 0 aromatic heterocycles. The zero-order valence-electron chi connectivity index (χ0n) is 24.8. The van der Waals surface area contributed by atoms with E-state index in [-0.39, 0.29) is 17.9 Å². The van der Waals surface area contributed by atoms with Crippen molar-refractivity contribution >= 4 is 18.7 Å². The van der Waals surface area contributed by atoms with E-state index < -0.39 is 5.41 Å². The summed E-state index contributed by atoms with van der Waals surface area (Å²) in [6.07, 6.45) is 2.41. The molecule has 7 nitrogen and oxygen atoms in total. The van der Waals surface area contributed by atoms with Crippen molar-refractivity contribution in [3.63, 3.8) is 0 Å². The predicted molar refractivity (Wildman–Crippen MR) is 153 cm³/mol. The molecular formula is C31H47NO6. The lowest BCUT2D eigenvalue weighted by molar-refractivity contribution is -0.150. The van der Waals surface area contributed by atoms with Gasteiger partial charge in [-0.2, -0.15) is 0 Å². The standard InChI is InChI=1S/C28H39NO5.C2H6.CH2O/c1-20(2)28(27(31)34-7,24-14-9-21(3)25(19-24)32-5)16-8-17-29(4)18-15-22-10-12-23(13-11-22)26(30)33-6;2*1-2/h9-14,19-20H,8,15-18H2,1-7H3;1-2H3;1H2. The van der Waals surface area contributed by atoms with Crippen LogP contribution in [0.25, 0.3) is 0 Å². The van der Waals surface area contributed by atoms with Crippen molar-refractivity contribution in [3.05, 3.63) is 64.7 Å². The first-order chi connectivity index (χ1) is 18.2. The second-order valence-corrected chi connectivity index (χ2v) is 9.15. The van der Waals surface area contributed by atoms with E-state index in [2.05, 4.69) is 25.8 Å². The van der Waals surface area contributed by atoms with Gasteiger partial charge in [-0.3, -0.25) is 4.79 Å². The lowest BCUT2D eigenvalue weighted by Crippen LogP contribution is -2.42. The summed E-state index contributed by atoms with van der Waals surface area (Å²) in [7, 11) is 6.59. The SMILES string of the molecule is C=O.CC.COC(=O)c1ccc(CCN(C)CCCC(C(=O)OC)(c2ccc(C)c(OC)c2)C(C)C)cc1. The fourth-order valence-corrected chi connectivity index (χ4v) is 4.49. The third kappa shape index (κ3) is 9.28. The van der Waals surface area contributed by atoms with Crippen LogP contribution in [0.3, 0.4) is 0 Å². The molecule has 38 heavy (non-hydrogen) atoms. The third-order valence-electron chi connectivity index (χ3n) is 6.73. The first-order valence-corrected chi connectivity index (χ1v) is 13.1. The number of ether oxygens (including phenoxy) is 3. The minimum absolute atomic E-state index is 0.0611. The molecular weight excluding hydrogens is 482 g/mol. The Labute approximate surface area is 229 Å². The lowest BCUT2D eigenvalue weighted by atomic mass is 9.68. The first kappa shape index (κ1) is 34.8. The van der Waals surface area contributed by atoms with Crippen LogP contribution in [0.15, 0.2) is 42.5 Å². The van der Waals surface area contributed by atoms with Gasteiger partial charge in [-0.05, 0) is 80.6 Å². The van der Waals surface area contributed by atoms with Crippen LogP contribution in [-0.4, -0.2) is 65.1 Å². The highest BCUT2D eigenvalue weighted by Crippen LogP contribution is 2.40. The van der Waals surface area contributed by atoms with Crippen LogP contribution in [0.5, 0.6) is 5.75 Å². The van der Waals surface area contributed by atoms with Gasteiger partial charge in [0.05, 0.1) is 32.3 Å². The van der Waals surface area contributed by atoms with Gasteiger partial charge in [-0.25, -0.2) is 4.79 Å². The maximum atomic E-state index is 13.1. The molecule has 1 atom stereocenters. The van der Waals surface area contributed by atoms with Crippen molar-refractivity contribution in [3.8, 4) is 5.75 Å². The second-order valence-electron chi connectivity index (χ2n) is 9.15. The number of benzene rings is 2. The third-order valence-corrected chi connectivity index (χ3v) is 6.73. The number of methoxy groups -OCH3 is 3. The zero-order valence-corrected chi connectivity index (χ0v) is 24.8. The molecule has 0 spiro atoms. The minimum atomic E-state index is -0.736. The van der Waals surface area contributed by atoms with Gasteiger partial charge in [0.1, 0.15) is 12.5 Å². The van der Waals surface area contributed by atoms with E-state index >= 15 is 0 Å². The normalized spacial score (nSPS) is 11.9. The average molecular weight is 530 g/mol. The van der Waals surface area contributed by atoms with Gasteiger partial charge in [0.15, 0.2) is 0 Å². The number of likely N-dealkylation sites (N-methyl/N-ethyl adjacent to an activating group) is 1.